The molecule has 0 bridgehead atoms. The topological polar surface area (TPSA) is 109 Å². The van der Waals surface area contributed by atoms with Gasteiger partial charge in [-0.05, 0) is 75.4 Å². The first-order valence-electron chi connectivity index (χ1n) is 13.5. The van der Waals surface area contributed by atoms with Gasteiger partial charge in [0.2, 0.25) is 11.8 Å². The summed E-state index contributed by atoms with van der Waals surface area (Å²) in [6.45, 7) is 3.95. The lowest BCUT2D eigenvalue weighted by molar-refractivity contribution is -0.135. The molecule has 196 valence electrons. The molecule has 4 aliphatic rings. The van der Waals surface area contributed by atoms with E-state index in [1.165, 1.54) is 19.3 Å². The largest absolute Gasteiger partial charge is 0.493 e. The third kappa shape index (κ3) is 6.25. The zero-order valence-corrected chi connectivity index (χ0v) is 20.9. The predicted octanol–water partition coefficient (Wildman–Crippen LogP) is 1.33. The van der Waals surface area contributed by atoms with E-state index in [2.05, 4.69) is 20.9 Å². The summed E-state index contributed by atoms with van der Waals surface area (Å²) in [6.07, 6.45) is 5.84. The number of ether oxygens (including phenoxy) is 2. The Labute approximate surface area is 212 Å². The first kappa shape index (κ1) is 25.2. The van der Waals surface area contributed by atoms with E-state index >= 15 is 0 Å². The van der Waals surface area contributed by atoms with Gasteiger partial charge in [-0.15, -0.1) is 0 Å². The average molecular weight is 499 g/mol. The van der Waals surface area contributed by atoms with Gasteiger partial charge in [-0.1, -0.05) is 6.42 Å². The molecule has 3 N–H and O–H groups in total. The summed E-state index contributed by atoms with van der Waals surface area (Å²) in [5.74, 6) is 1.44. The number of nitrogens with zero attached hydrogens (tertiary/aromatic N) is 1. The van der Waals surface area contributed by atoms with Gasteiger partial charge in [0, 0.05) is 24.1 Å². The van der Waals surface area contributed by atoms with Crippen LogP contribution < -0.4 is 20.7 Å². The number of piperidine rings is 1. The second-order valence-electron chi connectivity index (χ2n) is 10.7. The number of ketones is 1. The van der Waals surface area contributed by atoms with Crippen molar-refractivity contribution in [1.29, 1.82) is 0 Å². The number of nitrogens with one attached hydrogen (secondary N) is 3. The fourth-order valence-corrected chi connectivity index (χ4v) is 5.54. The van der Waals surface area contributed by atoms with Crippen molar-refractivity contribution in [2.75, 3.05) is 46.0 Å². The van der Waals surface area contributed by atoms with Gasteiger partial charge in [-0.3, -0.25) is 24.6 Å². The second kappa shape index (κ2) is 11.7. The van der Waals surface area contributed by atoms with Gasteiger partial charge < -0.3 is 20.1 Å². The number of carbonyl (C=O) groups excluding carboxylic acids is 3. The Hall–Kier alpha value is -2.49. The van der Waals surface area contributed by atoms with E-state index in [4.69, 9.17) is 9.47 Å². The molecule has 1 aromatic rings. The number of amides is 2. The van der Waals surface area contributed by atoms with E-state index in [1.807, 2.05) is 24.3 Å². The van der Waals surface area contributed by atoms with Crippen LogP contribution >= 0.6 is 0 Å². The molecule has 2 amide bonds. The maximum absolute atomic E-state index is 13.0. The molecule has 3 saturated heterocycles. The summed E-state index contributed by atoms with van der Waals surface area (Å²) in [7, 11) is 0. The van der Waals surface area contributed by atoms with Crippen molar-refractivity contribution in [2.45, 2.75) is 50.7 Å². The highest BCUT2D eigenvalue weighted by atomic mass is 16.5. The van der Waals surface area contributed by atoms with Crippen molar-refractivity contribution in [3.8, 4) is 5.75 Å². The molecule has 3 heterocycles. The quantitative estimate of drug-likeness (QED) is 0.441. The highest BCUT2D eigenvalue weighted by Gasteiger charge is 2.38. The molecular weight excluding hydrogens is 460 g/mol. The van der Waals surface area contributed by atoms with E-state index in [0.29, 0.717) is 45.3 Å². The summed E-state index contributed by atoms with van der Waals surface area (Å²) in [4.78, 5) is 39.9. The van der Waals surface area contributed by atoms with E-state index in [-0.39, 0.29) is 41.6 Å². The standard InChI is InChI=1S/C27H38N4O5/c32-25(28-14-24-29-23-10-13-35-17-22(23)27(34)30-24)15-31-11-8-20(9-12-31)26(33)19-4-6-21(7-5-19)36-16-18-2-1-3-18/h4-7,18,20,22-24,29H,1-3,8-17H2,(H,28,32)(H,30,34). The summed E-state index contributed by atoms with van der Waals surface area (Å²) in [5, 5.41) is 9.28. The molecule has 0 spiro atoms. The van der Waals surface area contributed by atoms with Crippen molar-refractivity contribution in [3.05, 3.63) is 29.8 Å². The Morgan fingerprint density at radius 2 is 1.86 bits per heavy atom. The maximum Gasteiger partial charge on any atom is 0.234 e. The van der Waals surface area contributed by atoms with Gasteiger partial charge in [0.15, 0.2) is 5.78 Å². The third-order valence-electron chi connectivity index (χ3n) is 8.10. The Morgan fingerprint density at radius 1 is 1.08 bits per heavy atom. The molecular formula is C27H38N4O5. The lowest BCUT2D eigenvalue weighted by atomic mass is 9.86. The number of likely N-dealkylation sites (tertiary alicyclic amines) is 1. The zero-order valence-electron chi connectivity index (χ0n) is 20.9. The molecule has 3 unspecified atom stereocenters. The van der Waals surface area contributed by atoms with Crippen molar-refractivity contribution in [2.24, 2.45) is 17.8 Å². The summed E-state index contributed by atoms with van der Waals surface area (Å²) in [6, 6.07) is 7.65. The number of Topliss-reactive ketones (excluding diaryl/α,β-unsaturated/α-hetero) is 1. The fraction of sp³-hybridized carbons (Fsp3) is 0.667. The molecule has 9 nitrogen and oxygen atoms in total. The monoisotopic (exact) mass is 498 g/mol. The van der Waals surface area contributed by atoms with E-state index < -0.39 is 0 Å². The fourth-order valence-electron chi connectivity index (χ4n) is 5.54. The summed E-state index contributed by atoms with van der Waals surface area (Å²) in [5.41, 5.74) is 0.732. The molecule has 9 heteroatoms. The minimum absolute atomic E-state index is 0.0136. The second-order valence-corrected chi connectivity index (χ2v) is 10.7. The van der Waals surface area contributed by atoms with Crippen LogP contribution in [0.3, 0.4) is 0 Å². The van der Waals surface area contributed by atoms with Crippen LogP contribution in [0, 0.1) is 17.8 Å². The molecule has 1 saturated carbocycles. The summed E-state index contributed by atoms with van der Waals surface area (Å²) >= 11 is 0. The minimum atomic E-state index is -0.265. The Balaban J connectivity index is 1.00. The lowest BCUT2D eigenvalue weighted by Crippen LogP contribution is -2.66. The van der Waals surface area contributed by atoms with Gasteiger partial charge >= 0.3 is 0 Å². The molecule has 3 atom stereocenters. The summed E-state index contributed by atoms with van der Waals surface area (Å²) < 4.78 is 11.2. The number of carbonyl (C=O) groups is 3. The Morgan fingerprint density at radius 3 is 2.58 bits per heavy atom. The van der Waals surface area contributed by atoms with Gasteiger partial charge in [-0.2, -0.15) is 0 Å². The van der Waals surface area contributed by atoms with Crippen LogP contribution in [0.1, 0.15) is 48.9 Å². The number of fused-ring (bicyclic) bond motifs is 1. The number of benzene rings is 1. The molecule has 5 rings (SSSR count). The van der Waals surface area contributed by atoms with Crippen molar-refractivity contribution < 1.29 is 23.9 Å². The first-order valence-corrected chi connectivity index (χ1v) is 13.5. The first-order chi connectivity index (χ1) is 17.5. The van der Waals surface area contributed by atoms with E-state index in [1.54, 1.807) is 0 Å². The highest BCUT2D eigenvalue weighted by Crippen LogP contribution is 2.28. The van der Waals surface area contributed by atoms with Crippen molar-refractivity contribution in [1.82, 2.24) is 20.9 Å². The molecule has 0 aromatic heterocycles. The maximum atomic E-state index is 13.0. The highest BCUT2D eigenvalue weighted by molar-refractivity contribution is 5.98. The Kier molecular flexibility index (Phi) is 8.19. The zero-order chi connectivity index (χ0) is 24.9. The van der Waals surface area contributed by atoms with Gasteiger partial charge in [0.05, 0.1) is 38.4 Å². The van der Waals surface area contributed by atoms with E-state index in [9.17, 15) is 14.4 Å². The third-order valence-corrected chi connectivity index (χ3v) is 8.10. The van der Waals surface area contributed by atoms with Crippen molar-refractivity contribution >= 4 is 17.6 Å². The van der Waals surface area contributed by atoms with Crippen LogP contribution in [-0.2, 0) is 14.3 Å². The molecule has 3 aliphatic heterocycles. The Bertz CT molecular complexity index is 927. The van der Waals surface area contributed by atoms with Crippen LogP contribution in [0.5, 0.6) is 5.75 Å². The van der Waals surface area contributed by atoms with Crippen LogP contribution in [0.2, 0.25) is 0 Å². The number of hydrogen-bond acceptors (Lipinski definition) is 7. The van der Waals surface area contributed by atoms with Gasteiger partial charge in [0.1, 0.15) is 5.75 Å². The predicted molar refractivity (Wildman–Crippen MR) is 134 cm³/mol. The molecule has 4 fully saturated rings. The van der Waals surface area contributed by atoms with Gasteiger partial charge in [-0.25, -0.2) is 0 Å². The molecule has 1 aliphatic carbocycles. The smallest absolute Gasteiger partial charge is 0.234 e. The van der Waals surface area contributed by atoms with Crippen LogP contribution in [-0.4, -0.2) is 80.7 Å². The van der Waals surface area contributed by atoms with Crippen LogP contribution in [0.25, 0.3) is 0 Å². The van der Waals surface area contributed by atoms with Crippen LogP contribution in [0.4, 0.5) is 0 Å². The SMILES string of the molecule is O=C(CN1CCC(C(=O)c2ccc(OCC3CCC3)cc2)CC1)NCC1NC(=O)C2COCCC2N1. The molecule has 1 aromatic carbocycles. The normalized spacial score (nSPS) is 27.4. The van der Waals surface area contributed by atoms with E-state index in [0.717, 1.165) is 37.2 Å². The average Bonchev–Trinajstić information content (AvgIpc) is 2.87. The number of rotatable bonds is 9. The molecule has 0 radical (unpaired) electrons. The lowest BCUT2D eigenvalue weighted by Gasteiger charge is -2.40. The minimum Gasteiger partial charge on any atom is -0.493 e. The van der Waals surface area contributed by atoms with Gasteiger partial charge in [0.25, 0.3) is 0 Å². The van der Waals surface area contributed by atoms with Crippen molar-refractivity contribution in [3.63, 3.8) is 0 Å². The molecule has 36 heavy (non-hydrogen) atoms. The van der Waals surface area contributed by atoms with Crippen LogP contribution in [0.15, 0.2) is 24.3 Å². The number of hydrogen-bond donors (Lipinski definition) is 3.